The first-order valence-corrected chi connectivity index (χ1v) is 12.6. The van der Waals surface area contributed by atoms with Gasteiger partial charge in [0.2, 0.25) is 0 Å². The highest BCUT2D eigenvalue weighted by atomic mass is 32.3. The van der Waals surface area contributed by atoms with Crippen molar-refractivity contribution in [2.45, 2.75) is 41.3 Å². The van der Waals surface area contributed by atoms with Crippen molar-refractivity contribution in [2.75, 3.05) is 20.3 Å². The first kappa shape index (κ1) is 15.5. The third kappa shape index (κ3) is 6.89. The maximum absolute atomic E-state index is 2.16. The van der Waals surface area contributed by atoms with E-state index in [2.05, 4.69) is 70.6 Å². The molecular formula is C11H20S6. The Labute approximate surface area is 131 Å². The van der Waals surface area contributed by atoms with Crippen LogP contribution in [-0.4, -0.2) is 29.5 Å². The van der Waals surface area contributed by atoms with Crippen LogP contribution in [0.15, 0.2) is 0 Å². The zero-order chi connectivity index (χ0) is 11.8. The van der Waals surface area contributed by atoms with Gasteiger partial charge in [0.1, 0.15) is 0 Å². The van der Waals surface area contributed by atoms with E-state index in [4.69, 9.17) is 0 Å². The molecule has 0 spiro atoms. The summed E-state index contributed by atoms with van der Waals surface area (Å²) < 4.78 is 1.82. The third-order valence-electron chi connectivity index (χ3n) is 2.73. The van der Waals surface area contributed by atoms with E-state index in [-0.39, 0.29) is 0 Å². The van der Waals surface area contributed by atoms with Crippen LogP contribution in [0.2, 0.25) is 0 Å². The predicted molar refractivity (Wildman–Crippen MR) is 95.7 cm³/mol. The summed E-state index contributed by atoms with van der Waals surface area (Å²) in [5, 5.41) is 5.30. The second kappa shape index (κ2) is 9.92. The molecule has 100 valence electrons. The van der Waals surface area contributed by atoms with E-state index in [0.29, 0.717) is 0 Å². The van der Waals surface area contributed by atoms with Gasteiger partial charge in [-0.2, -0.15) is 0 Å². The molecule has 0 aromatic heterocycles. The number of unbranched alkanes of at least 4 members (excludes halogenated alkanes) is 2. The molecule has 0 aromatic rings. The van der Waals surface area contributed by atoms with E-state index in [1.807, 2.05) is 0 Å². The number of hydrogen-bond acceptors (Lipinski definition) is 6. The largest absolute Gasteiger partial charge is 0.140 e. The van der Waals surface area contributed by atoms with Crippen LogP contribution in [-0.2, 0) is 0 Å². The van der Waals surface area contributed by atoms with Crippen LogP contribution in [0, 0.1) is 0 Å². The van der Waals surface area contributed by atoms with E-state index in [1.54, 1.807) is 0 Å². The van der Waals surface area contributed by atoms with Crippen molar-refractivity contribution in [2.24, 2.45) is 0 Å². The molecule has 2 rings (SSSR count). The van der Waals surface area contributed by atoms with E-state index in [1.165, 1.54) is 52.4 Å². The lowest BCUT2D eigenvalue weighted by atomic mass is 10.2. The van der Waals surface area contributed by atoms with Gasteiger partial charge in [-0.05, 0) is 12.8 Å². The van der Waals surface area contributed by atoms with Crippen LogP contribution >= 0.6 is 70.6 Å². The normalized spacial score (nSPS) is 24.0. The highest BCUT2D eigenvalue weighted by molar-refractivity contribution is 8.32. The van der Waals surface area contributed by atoms with Crippen molar-refractivity contribution in [1.29, 1.82) is 0 Å². The van der Waals surface area contributed by atoms with E-state index in [0.717, 1.165) is 9.16 Å². The Morgan fingerprint density at radius 2 is 1.00 bits per heavy atom. The smallest absolute Gasteiger partial charge is 0.0519 e. The molecule has 0 radical (unpaired) electrons. The summed E-state index contributed by atoms with van der Waals surface area (Å²) in [4.78, 5) is 0. The lowest BCUT2D eigenvalue weighted by Gasteiger charge is -2.21. The fourth-order valence-electron chi connectivity index (χ4n) is 1.79. The molecular weight excluding hydrogens is 325 g/mol. The van der Waals surface area contributed by atoms with E-state index in [9.17, 15) is 0 Å². The molecule has 0 N–H and O–H groups in total. The second-order valence-corrected chi connectivity index (χ2v) is 12.8. The molecule has 6 heteroatoms. The number of rotatable bonds is 6. The molecule has 0 nitrogen and oxygen atoms in total. The van der Waals surface area contributed by atoms with Gasteiger partial charge in [-0.3, -0.25) is 0 Å². The first-order chi connectivity index (χ1) is 8.45. The Hall–Kier alpha value is 2.10. The van der Waals surface area contributed by atoms with Crippen molar-refractivity contribution in [1.82, 2.24) is 0 Å². The minimum Gasteiger partial charge on any atom is -0.140 e. The molecule has 2 aliphatic rings. The highest BCUT2D eigenvalue weighted by Crippen LogP contribution is 2.40. The molecule has 0 bridgehead atoms. The van der Waals surface area contributed by atoms with E-state index < -0.39 is 0 Å². The van der Waals surface area contributed by atoms with E-state index >= 15 is 0 Å². The van der Waals surface area contributed by atoms with Crippen LogP contribution in [0.1, 0.15) is 32.1 Å². The van der Waals surface area contributed by atoms with Gasteiger partial charge < -0.3 is 0 Å². The second-order valence-electron chi connectivity index (χ2n) is 4.04. The van der Waals surface area contributed by atoms with Gasteiger partial charge >= 0.3 is 0 Å². The first-order valence-electron chi connectivity index (χ1n) is 6.07. The minimum atomic E-state index is 0.908. The fraction of sp³-hybridized carbons (Fsp3) is 1.00. The van der Waals surface area contributed by atoms with Gasteiger partial charge in [-0.25, -0.2) is 0 Å². The van der Waals surface area contributed by atoms with Gasteiger partial charge in [0.15, 0.2) is 0 Å². The Bertz CT molecular complexity index is 168. The van der Waals surface area contributed by atoms with Gasteiger partial charge in [-0.15, -0.1) is 70.6 Å². The SMILES string of the molecule is C(CCC1SCSCS1)CCC1SCSCS1. The van der Waals surface area contributed by atoms with Gasteiger partial charge in [0.25, 0.3) is 0 Å². The zero-order valence-corrected chi connectivity index (χ0v) is 14.9. The summed E-state index contributed by atoms with van der Waals surface area (Å²) in [5.74, 6) is 0. The summed E-state index contributed by atoms with van der Waals surface area (Å²) in [6.45, 7) is 0. The maximum Gasteiger partial charge on any atom is 0.0519 e. The van der Waals surface area contributed by atoms with Gasteiger partial charge in [-0.1, -0.05) is 19.3 Å². The molecule has 17 heavy (non-hydrogen) atoms. The van der Waals surface area contributed by atoms with Crippen LogP contribution in [0.25, 0.3) is 0 Å². The van der Waals surface area contributed by atoms with Crippen molar-refractivity contribution in [3.8, 4) is 0 Å². The molecule has 0 amide bonds. The van der Waals surface area contributed by atoms with Crippen LogP contribution in [0.3, 0.4) is 0 Å². The maximum atomic E-state index is 2.16. The highest BCUT2D eigenvalue weighted by Gasteiger charge is 2.15. The van der Waals surface area contributed by atoms with Crippen molar-refractivity contribution in [3.63, 3.8) is 0 Å². The zero-order valence-electron chi connectivity index (χ0n) is 9.97. The standard InChI is InChI=1S/C11H20S6/c1(2-4-10-14-6-12-7-15-10)3-5-11-16-8-13-9-17-11/h10-11H,1-9H2. The topological polar surface area (TPSA) is 0 Å². The fourth-order valence-corrected chi connectivity index (χ4v) is 11.6. The molecule has 0 atom stereocenters. The minimum absolute atomic E-state index is 0.908. The molecule has 0 aliphatic carbocycles. The van der Waals surface area contributed by atoms with Crippen molar-refractivity contribution < 1.29 is 0 Å². The average Bonchev–Trinajstić information content (AvgIpc) is 2.41. The van der Waals surface area contributed by atoms with Gasteiger partial charge in [0.05, 0.1) is 9.16 Å². The lowest BCUT2D eigenvalue weighted by Crippen LogP contribution is -2.04. The van der Waals surface area contributed by atoms with Crippen molar-refractivity contribution >= 4 is 70.6 Å². The molecule has 0 aromatic carbocycles. The van der Waals surface area contributed by atoms with Crippen LogP contribution in [0.5, 0.6) is 0 Å². The molecule has 2 saturated heterocycles. The summed E-state index contributed by atoms with van der Waals surface area (Å²) in [5.41, 5.74) is 0. The van der Waals surface area contributed by atoms with Crippen LogP contribution < -0.4 is 0 Å². The quantitative estimate of drug-likeness (QED) is 0.551. The molecule has 0 saturated carbocycles. The lowest BCUT2D eigenvalue weighted by molar-refractivity contribution is 0.650. The Morgan fingerprint density at radius 3 is 1.41 bits per heavy atom. The monoisotopic (exact) mass is 344 g/mol. The number of thioether (sulfide) groups is 6. The Kier molecular flexibility index (Phi) is 9.04. The molecule has 2 heterocycles. The van der Waals surface area contributed by atoms with Crippen molar-refractivity contribution in [3.05, 3.63) is 0 Å². The van der Waals surface area contributed by atoms with Crippen LogP contribution in [0.4, 0.5) is 0 Å². The number of hydrogen-bond donors (Lipinski definition) is 0. The third-order valence-corrected chi connectivity index (χ3v) is 11.6. The summed E-state index contributed by atoms with van der Waals surface area (Å²) in [7, 11) is 0. The Balaban J connectivity index is 1.42. The molecule has 2 aliphatic heterocycles. The Morgan fingerprint density at radius 1 is 0.588 bits per heavy atom. The average molecular weight is 345 g/mol. The summed E-state index contributed by atoms with van der Waals surface area (Å²) in [6.07, 6.45) is 7.24. The summed E-state index contributed by atoms with van der Waals surface area (Å²) in [6, 6.07) is 0. The summed E-state index contributed by atoms with van der Waals surface area (Å²) >= 11 is 12.8. The molecule has 2 fully saturated rings. The molecule has 0 unspecified atom stereocenters. The predicted octanol–water partition coefficient (Wildman–Crippen LogP) is 5.85. The van der Waals surface area contributed by atoms with Gasteiger partial charge in [0, 0.05) is 20.3 Å².